The Morgan fingerprint density at radius 2 is 2.22 bits per heavy atom. The van der Waals surface area contributed by atoms with E-state index in [9.17, 15) is 0 Å². The Labute approximate surface area is 123 Å². The average Bonchev–Trinajstić information content (AvgIpc) is 2.54. The second kappa shape index (κ2) is 6.38. The summed E-state index contributed by atoms with van der Waals surface area (Å²) in [4.78, 5) is 2.48. The van der Waals surface area contributed by atoms with Crippen molar-refractivity contribution in [3.05, 3.63) is 33.3 Å². The lowest BCUT2D eigenvalue weighted by atomic mass is 9.96. The SMILES string of the molecule is CCN1CCCCC(N)C1c1ccc(Cl)c(Br)c1. The van der Waals surface area contributed by atoms with E-state index in [0.717, 1.165) is 29.0 Å². The van der Waals surface area contributed by atoms with E-state index in [-0.39, 0.29) is 6.04 Å². The van der Waals surface area contributed by atoms with Gasteiger partial charge in [-0.1, -0.05) is 31.0 Å². The molecule has 0 amide bonds. The molecule has 1 aromatic carbocycles. The lowest BCUT2D eigenvalue weighted by Gasteiger charge is -2.33. The summed E-state index contributed by atoms with van der Waals surface area (Å²) < 4.78 is 0.953. The standard InChI is InChI=1S/C14H20BrClN2/c1-2-18-8-4-3-5-13(17)14(18)10-6-7-12(16)11(15)9-10/h6-7,9,13-14H,2-5,8,17H2,1H3. The van der Waals surface area contributed by atoms with E-state index in [1.54, 1.807) is 0 Å². The first-order chi connectivity index (χ1) is 8.63. The van der Waals surface area contributed by atoms with Crippen molar-refractivity contribution in [1.82, 2.24) is 4.90 Å². The van der Waals surface area contributed by atoms with Crippen LogP contribution in [-0.2, 0) is 0 Å². The number of likely N-dealkylation sites (tertiary alicyclic amines) is 1. The summed E-state index contributed by atoms with van der Waals surface area (Å²) in [7, 11) is 0. The summed E-state index contributed by atoms with van der Waals surface area (Å²) in [5.41, 5.74) is 7.64. The highest BCUT2D eigenvalue weighted by Crippen LogP contribution is 2.33. The first-order valence-electron chi connectivity index (χ1n) is 6.58. The summed E-state index contributed by atoms with van der Waals surface area (Å²) >= 11 is 9.57. The Hall–Kier alpha value is -0.0900. The van der Waals surface area contributed by atoms with Crippen LogP contribution in [0.1, 0.15) is 37.8 Å². The van der Waals surface area contributed by atoms with Gasteiger partial charge in [-0.3, -0.25) is 4.90 Å². The predicted octanol–water partition coefficient (Wildman–Crippen LogP) is 3.98. The van der Waals surface area contributed by atoms with E-state index in [1.807, 2.05) is 6.07 Å². The van der Waals surface area contributed by atoms with Crippen molar-refractivity contribution in [3.63, 3.8) is 0 Å². The number of hydrogen-bond acceptors (Lipinski definition) is 2. The smallest absolute Gasteiger partial charge is 0.0548 e. The van der Waals surface area contributed by atoms with Gasteiger partial charge in [0, 0.05) is 16.6 Å². The first kappa shape index (κ1) is 14.3. The topological polar surface area (TPSA) is 29.3 Å². The largest absolute Gasteiger partial charge is 0.326 e. The molecule has 0 aromatic heterocycles. The van der Waals surface area contributed by atoms with Gasteiger partial charge in [0.15, 0.2) is 0 Å². The van der Waals surface area contributed by atoms with E-state index >= 15 is 0 Å². The van der Waals surface area contributed by atoms with Crippen molar-refractivity contribution >= 4 is 27.5 Å². The minimum Gasteiger partial charge on any atom is -0.326 e. The third kappa shape index (κ3) is 3.08. The summed E-state index contributed by atoms with van der Waals surface area (Å²) in [6.45, 7) is 4.38. The fourth-order valence-corrected chi connectivity index (χ4v) is 3.29. The molecule has 1 aromatic rings. The van der Waals surface area contributed by atoms with E-state index in [4.69, 9.17) is 17.3 Å². The van der Waals surface area contributed by atoms with Gasteiger partial charge in [0.05, 0.1) is 5.02 Å². The van der Waals surface area contributed by atoms with Gasteiger partial charge in [0.1, 0.15) is 0 Å². The van der Waals surface area contributed by atoms with Gasteiger partial charge in [-0.25, -0.2) is 0 Å². The van der Waals surface area contributed by atoms with Crippen LogP contribution >= 0.6 is 27.5 Å². The summed E-state index contributed by atoms with van der Waals surface area (Å²) in [6, 6.07) is 6.69. The van der Waals surface area contributed by atoms with Crippen molar-refractivity contribution < 1.29 is 0 Å². The summed E-state index contributed by atoms with van der Waals surface area (Å²) in [5.74, 6) is 0. The van der Waals surface area contributed by atoms with Crippen LogP contribution in [-0.4, -0.2) is 24.0 Å². The highest BCUT2D eigenvalue weighted by Gasteiger charge is 2.27. The molecule has 0 radical (unpaired) electrons. The molecular formula is C14H20BrClN2. The maximum absolute atomic E-state index is 6.38. The lowest BCUT2D eigenvalue weighted by molar-refractivity contribution is 0.195. The van der Waals surface area contributed by atoms with Crippen LogP contribution in [0.3, 0.4) is 0 Å². The van der Waals surface area contributed by atoms with Crippen molar-refractivity contribution in [2.75, 3.05) is 13.1 Å². The molecule has 100 valence electrons. The van der Waals surface area contributed by atoms with Crippen molar-refractivity contribution in [2.45, 2.75) is 38.3 Å². The Balaban J connectivity index is 2.33. The van der Waals surface area contributed by atoms with Gasteiger partial charge in [0.25, 0.3) is 0 Å². The Kier molecular flexibility index (Phi) is 5.07. The van der Waals surface area contributed by atoms with Gasteiger partial charge in [-0.2, -0.15) is 0 Å². The maximum atomic E-state index is 6.38. The van der Waals surface area contributed by atoms with Crippen LogP contribution in [0.15, 0.2) is 22.7 Å². The average molecular weight is 332 g/mol. The Morgan fingerprint density at radius 3 is 2.89 bits per heavy atom. The number of nitrogens with two attached hydrogens (primary N) is 1. The summed E-state index contributed by atoms with van der Waals surface area (Å²) in [6.07, 6.45) is 3.57. The van der Waals surface area contributed by atoms with Crippen LogP contribution in [0, 0.1) is 0 Å². The van der Waals surface area contributed by atoms with Gasteiger partial charge in [-0.15, -0.1) is 0 Å². The molecule has 2 unspecified atom stereocenters. The van der Waals surface area contributed by atoms with Crippen LogP contribution in [0.5, 0.6) is 0 Å². The second-order valence-electron chi connectivity index (χ2n) is 4.91. The molecule has 0 bridgehead atoms. The fourth-order valence-electron chi connectivity index (χ4n) is 2.77. The molecule has 2 rings (SSSR count). The van der Waals surface area contributed by atoms with Crippen LogP contribution in [0.4, 0.5) is 0 Å². The van der Waals surface area contributed by atoms with E-state index < -0.39 is 0 Å². The highest BCUT2D eigenvalue weighted by atomic mass is 79.9. The molecule has 0 aliphatic carbocycles. The minimum absolute atomic E-state index is 0.209. The van der Waals surface area contributed by atoms with Crippen molar-refractivity contribution in [3.8, 4) is 0 Å². The van der Waals surface area contributed by atoms with E-state index in [1.165, 1.54) is 18.4 Å². The fraction of sp³-hybridized carbons (Fsp3) is 0.571. The van der Waals surface area contributed by atoms with E-state index in [2.05, 4.69) is 39.9 Å². The Bertz CT molecular complexity index is 411. The highest BCUT2D eigenvalue weighted by molar-refractivity contribution is 9.10. The van der Waals surface area contributed by atoms with Crippen LogP contribution < -0.4 is 5.73 Å². The molecule has 1 heterocycles. The zero-order chi connectivity index (χ0) is 13.1. The maximum Gasteiger partial charge on any atom is 0.0548 e. The molecule has 2 atom stereocenters. The zero-order valence-electron chi connectivity index (χ0n) is 10.7. The van der Waals surface area contributed by atoms with Crippen LogP contribution in [0.2, 0.25) is 5.02 Å². The number of nitrogens with zero attached hydrogens (tertiary/aromatic N) is 1. The lowest BCUT2D eigenvalue weighted by Crippen LogP contribution is -2.39. The number of likely N-dealkylation sites (N-methyl/N-ethyl adjacent to an activating group) is 1. The van der Waals surface area contributed by atoms with Crippen LogP contribution in [0.25, 0.3) is 0 Å². The van der Waals surface area contributed by atoms with Crippen molar-refractivity contribution in [1.29, 1.82) is 0 Å². The normalized spacial score (nSPS) is 26.0. The monoisotopic (exact) mass is 330 g/mol. The molecule has 0 spiro atoms. The molecule has 1 aliphatic rings. The predicted molar refractivity (Wildman–Crippen MR) is 81.0 cm³/mol. The number of benzene rings is 1. The molecule has 4 heteroatoms. The quantitative estimate of drug-likeness (QED) is 0.888. The number of halogens is 2. The zero-order valence-corrected chi connectivity index (χ0v) is 13.0. The molecule has 2 N–H and O–H groups in total. The molecular weight excluding hydrogens is 312 g/mol. The molecule has 1 saturated heterocycles. The third-order valence-electron chi connectivity index (χ3n) is 3.72. The second-order valence-corrected chi connectivity index (χ2v) is 6.17. The molecule has 2 nitrogen and oxygen atoms in total. The summed E-state index contributed by atoms with van der Waals surface area (Å²) in [5, 5.41) is 0.754. The number of hydrogen-bond donors (Lipinski definition) is 1. The van der Waals surface area contributed by atoms with Gasteiger partial charge in [0.2, 0.25) is 0 Å². The van der Waals surface area contributed by atoms with Gasteiger partial charge < -0.3 is 5.73 Å². The van der Waals surface area contributed by atoms with E-state index in [0.29, 0.717) is 6.04 Å². The first-order valence-corrected chi connectivity index (χ1v) is 7.75. The molecule has 1 aliphatic heterocycles. The third-order valence-corrected chi connectivity index (χ3v) is 4.94. The number of rotatable bonds is 2. The minimum atomic E-state index is 0.209. The Morgan fingerprint density at radius 1 is 1.44 bits per heavy atom. The molecule has 18 heavy (non-hydrogen) atoms. The van der Waals surface area contributed by atoms with Crippen molar-refractivity contribution in [2.24, 2.45) is 5.73 Å². The molecule has 0 saturated carbocycles. The molecule has 1 fully saturated rings. The van der Waals surface area contributed by atoms with Gasteiger partial charge >= 0.3 is 0 Å². The van der Waals surface area contributed by atoms with Gasteiger partial charge in [-0.05, 0) is 59.6 Å².